The Morgan fingerprint density at radius 3 is 1.62 bits per heavy atom. The van der Waals surface area contributed by atoms with Gasteiger partial charge in [0.25, 0.3) is 0 Å². The SMILES string of the molecule is CCCCCCCCCCCCCCCC(=O)OC(=O)[C@@H](N)[C@@H](C)CC. The monoisotopic (exact) mass is 369 g/mol. The summed E-state index contributed by atoms with van der Waals surface area (Å²) in [5.74, 6) is -0.984. The number of esters is 2. The van der Waals surface area contributed by atoms with Crippen LogP contribution in [0, 0.1) is 5.92 Å². The number of hydrogen-bond acceptors (Lipinski definition) is 4. The molecule has 4 nitrogen and oxygen atoms in total. The number of rotatable bonds is 17. The van der Waals surface area contributed by atoms with Crippen molar-refractivity contribution in [2.24, 2.45) is 11.7 Å². The molecular weight excluding hydrogens is 326 g/mol. The summed E-state index contributed by atoms with van der Waals surface area (Å²) < 4.78 is 4.84. The van der Waals surface area contributed by atoms with Gasteiger partial charge in [-0.25, -0.2) is 4.79 Å². The smallest absolute Gasteiger partial charge is 0.330 e. The lowest BCUT2D eigenvalue weighted by Crippen LogP contribution is -2.39. The van der Waals surface area contributed by atoms with Gasteiger partial charge in [-0.1, -0.05) is 104 Å². The van der Waals surface area contributed by atoms with Crippen molar-refractivity contribution < 1.29 is 14.3 Å². The Morgan fingerprint density at radius 2 is 1.19 bits per heavy atom. The van der Waals surface area contributed by atoms with Crippen LogP contribution >= 0.6 is 0 Å². The van der Waals surface area contributed by atoms with Crippen LogP contribution in [0.5, 0.6) is 0 Å². The fourth-order valence-electron chi connectivity index (χ4n) is 3.00. The Hall–Kier alpha value is -0.900. The van der Waals surface area contributed by atoms with Gasteiger partial charge in [0, 0.05) is 6.42 Å². The molecule has 0 aliphatic rings. The van der Waals surface area contributed by atoms with Crippen LogP contribution in [0.25, 0.3) is 0 Å². The van der Waals surface area contributed by atoms with Gasteiger partial charge in [-0.05, 0) is 12.3 Å². The zero-order valence-electron chi connectivity index (χ0n) is 17.6. The van der Waals surface area contributed by atoms with E-state index in [1.54, 1.807) is 0 Å². The summed E-state index contributed by atoms with van der Waals surface area (Å²) in [5, 5.41) is 0. The van der Waals surface area contributed by atoms with Crippen LogP contribution in [-0.2, 0) is 14.3 Å². The molecule has 2 N–H and O–H groups in total. The molecule has 0 rings (SSSR count). The summed E-state index contributed by atoms with van der Waals surface area (Å²) in [6.45, 7) is 6.11. The van der Waals surface area contributed by atoms with Crippen molar-refractivity contribution in [1.29, 1.82) is 0 Å². The molecule has 0 bridgehead atoms. The number of nitrogens with two attached hydrogens (primary N) is 1. The molecule has 26 heavy (non-hydrogen) atoms. The minimum Gasteiger partial charge on any atom is -0.392 e. The highest BCUT2D eigenvalue weighted by molar-refractivity contribution is 5.88. The van der Waals surface area contributed by atoms with Crippen molar-refractivity contribution in [3.63, 3.8) is 0 Å². The molecule has 0 amide bonds. The molecule has 0 aromatic carbocycles. The van der Waals surface area contributed by atoms with E-state index in [0.717, 1.165) is 25.7 Å². The van der Waals surface area contributed by atoms with Crippen molar-refractivity contribution in [1.82, 2.24) is 0 Å². The Bertz CT molecular complexity index is 357. The third kappa shape index (κ3) is 14.3. The standard InChI is InChI=1S/C22H43NO3/c1-4-6-7-8-9-10-11-12-13-14-15-16-17-18-20(24)26-22(25)21(23)19(3)5-2/h19,21H,4-18,23H2,1-3H3/t19-,21-/m0/s1. The second-order valence-electron chi connectivity index (χ2n) is 7.70. The molecule has 0 saturated heterocycles. The fourth-order valence-corrected chi connectivity index (χ4v) is 3.00. The normalized spacial score (nSPS) is 13.4. The molecule has 0 aromatic heterocycles. The zero-order valence-corrected chi connectivity index (χ0v) is 17.6. The van der Waals surface area contributed by atoms with Crippen molar-refractivity contribution in [2.75, 3.05) is 0 Å². The average molecular weight is 370 g/mol. The van der Waals surface area contributed by atoms with Gasteiger partial charge >= 0.3 is 11.9 Å². The minimum atomic E-state index is -0.699. The Kier molecular flexibility index (Phi) is 16.9. The molecule has 154 valence electrons. The lowest BCUT2D eigenvalue weighted by atomic mass is 10.0. The Labute approximate surface area is 161 Å². The summed E-state index contributed by atoms with van der Waals surface area (Å²) in [5.41, 5.74) is 5.77. The summed E-state index contributed by atoms with van der Waals surface area (Å²) in [6, 6.07) is -0.699. The van der Waals surface area contributed by atoms with Crippen molar-refractivity contribution in [3.8, 4) is 0 Å². The van der Waals surface area contributed by atoms with Crippen LogP contribution in [-0.4, -0.2) is 18.0 Å². The molecule has 0 aliphatic heterocycles. The van der Waals surface area contributed by atoms with E-state index >= 15 is 0 Å². The molecule has 0 spiro atoms. The van der Waals surface area contributed by atoms with E-state index in [1.165, 1.54) is 64.2 Å². The molecule has 0 aliphatic carbocycles. The number of carbonyl (C=O) groups excluding carboxylic acids is 2. The largest absolute Gasteiger partial charge is 0.392 e. The molecule has 0 unspecified atom stereocenters. The highest BCUT2D eigenvalue weighted by atomic mass is 16.6. The van der Waals surface area contributed by atoms with E-state index in [0.29, 0.717) is 6.42 Å². The van der Waals surface area contributed by atoms with Gasteiger partial charge in [0.05, 0.1) is 0 Å². The van der Waals surface area contributed by atoms with Gasteiger partial charge in [0.15, 0.2) is 0 Å². The van der Waals surface area contributed by atoms with Crippen LogP contribution in [0.3, 0.4) is 0 Å². The Balaban J connectivity index is 3.42. The summed E-state index contributed by atoms with van der Waals surface area (Å²) >= 11 is 0. The molecule has 0 heterocycles. The molecule has 0 fully saturated rings. The topological polar surface area (TPSA) is 69.4 Å². The third-order valence-electron chi connectivity index (χ3n) is 5.23. The van der Waals surface area contributed by atoms with E-state index in [4.69, 9.17) is 10.5 Å². The van der Waals surface area contributed by atoms with Crippen molar-refractivity contribution in [3.05, 3.63) is 0 Å². The molecule has 0 saturated carbocycles. The molecule has 2 atom stereocenters. The highest BCUT2D eigenvalue weighted by Crippen LogP contribution is 2.13. The molecular formula is C22H43NO3. The van der Waals surface area contributed by atoms with E-state index in [9.17, 15) is 9.59 Å². The van der Waals surface area contributed by atoms with Gasteiger partial charge in [-0.2, -0.15) is 0 Å². The lowest BCUT2D eigenvalue weighted by molar-refractivity contribution is -0.161. The predicted molar refractivity (Wildman–Crippen MR) is 109 cm³/mol. The first kappa shape index (κ1) is 25.1. The second kappa shape index (κ2) is 17.5. The number of carbonyl (C=O) groups is 2. The summed E-state index contributed by atoms with van der Waals surface area (Å²) in [6.07, 6.45) is 17.6. The maximum atomic E-state index is 11.7. The second-order valence-corrected chi connectivity index (χ2v) is 7.70. The number of hydrogen-bond donors (Lipinski definition) is 1. The number of unbranched alkanes of at least 4 members (excludes halogenated alkanes) is 12. The highest BCUT2D eigenvalue weighted by Gasteiger charge is 2.23. The molecule has 4 heteroatoms. The summed E-state index contributed by atoms with van der Waals surface area (Å²) in [4.78, 5) is 23.4. The first-order valence-corrected chi connectivity index (χ1v) is 11.0. The predicted octanol–water partition coefficient (Wildman–Crippen LogP) is 5.91. The van der Waals surface area contributed by atoms with E-state index in [2.05, 4.69) is 6.92 Å². The van der Waals surface area contributed by atoms with E-state index in [-0.39, 0.29) is 5.92 Å². The maximum absolute atomic E-state index is 11.7. The van der Waals surface area contributed by atoms with Gasteiger partial charge in [-0.3, -0.25) is 4.79 Å². The first-order valence-electron chi connectivity index (χ1n) is 11.0. The summed E-state index contributed by atoms with van der Waals surface area (Å²) in [7, 11) is 0. The molecule has 0 radical (unpaired) electrons. The Morgan fingerprint density at radius 1 is 0.769 bits per heavy atom. The van der Waals surface area contributed by atoms with E-state index in [1.807, 2.05) is 13.8 Å². The van der Waals surface area contributed by atoms with Crippen molar-refractivity contribution >= 4 is 11.9 Å². The van der Waals surface area contributed by atoms with Crippen LogP contribution in [0.2, 0.25) is 0 Å². The van der Waals surface area contributed by atoms with Crippen LogP contribution < -0.4 is 5.73 Å². The van der Waals surface area contributed by atoms with Gasteiger partial charge < -0.3 is 10.5 Å². The van der Waals surface area contributed by atoms with Crippen LogP contribution in [0.15, 0.2) is 0 Å². The third-order valence-corrected chi connectivity index (χ3v) is 5.23. The van der Waals surface area contributed by atoms with Gasteiger partial charge in [-0.15, -0.1) is 0 Å². The van der Waals surface area contributed by atoms with E-state index < -0.39 is 18.0 Å². The zero-order chi connectivity index (χ0) is 19.6. The quantitative estimate of drug-likeness (QED) is 0.196. The average Bonchev–Trinajstić information content (AvgIpc) is 2.64. The fraction of sp³-hybridized carbons (Fsp3) is 0.909. The van der Waals surface area contributed by atoms with Crippen molar-refractivity contribution in [2.45, 2.75) is 123 Å². The van der Waals surface area contributed by atoms with Crippen LogP contribution in [0.1, 0.15) is 117 Å². The minimum absolute atomic E-state index is 0.0339. The number of ether oxygens (including phenoxy) is 1. The lowest BCUT2D eigenvalue weighted by Gasteiger charge is -2.15. The van der Waals surface area contributed by atoms with Crippen LogP contribution in [0.4, 0.5) is 0 Å². The molecule has 0 aromatic rings. The van der Waals surface area contributed by atoms with Gasteiger partial charge in [0.2, 0.25) is 0 Å². The van der Waals surface area contributed by atoms with Gasteiger partial charge in [0.1, 0.15) is 6.04 Å². The maximum Gasteiger partial charge on any atom is 0.330 e. The first-order chi connectivity index (χ1) is 12.5.